The lowest BCUT2D eigenvalue weighted by Gasteiger charge is -2.29. The Morgan fingerprint density at radius 3 is 2.83 bits per heavy atom. The van der Waals surface area contributed by atoms with Crippen LogP contribution in [0.1, 0.15) is 37.6 Å². The third kappa shape index (κ3) is 3.27. The molecule has 1 aliphatic rings. The highest BCUT2D eigenvalue weighted by Crippen LogP contribution is 2.28. The first-order valence-electron chi connectivity index (χ1n) is 7.98. The summed E-state index contributed by atoms with van der Waals surface area (Å²) in [6.07, 6.45) is 2.07. The fraction of sp³-hybridized carbons (Fsp3) is 0.471. The molecule has 1 amide bonds. The van der Waals surface area contributed by atoms with Gasteiger partial charge < -0.3 is 9.47 Å². The van der Waals surface area contributed by atoms with E-state index in [0.29, 0.717) is 11.7 Å². The number of hydrogen-bond acceptors (Lipinski definition) is 4. The van der Waals surface area contributed by atoms with Crippen molar-refractivity contribution >= 4 is 23.4 Å². The monoisotopic (exact) mass is 330 g/mol. The van der Waals surface area contributed by atoms with Crippen LogP contribution >= 0.6 is 11.8 Å². The van der Waals surface area contributed by atoms with Crippen LogP contribution in [0.3, 0.4) is 0 Å². The van der Waals surface area contributed by atoms with E-state index in [9.17, 15) is 4.79 Å². The van der Waals surface area contributed by atoms with Gasteiger partial charge in [0.15, 0.2) is 5.16 Å². The first kappa shape index (κ1) is 16.1. The Bertz CT molecular complexity index is 710. The molecular weight excluding hydrogens is 308 g/mol. The Kier molecular flexibility index (Phi) is 4.71. The van der Waals surface area contributed by atoms with Gasteiger partial charge in [-0.2, -0.15) is 0 Å². The number of aromatic nitrogens is 3. The van der Waals surface area contributed by atoms with Gasteiger partial charge in [-0.05, 0) is 24.5 Å². The molecule has 1 aromatic heterocycles. The highest BCUT2D eigenvalue weighted by Gasteiger charge is 2.23. The number of nitrogens with zero attached hydrogens (tertiary/aromatic N) is 4. The van der Waals surface area contributed by atoms with Crippen LogP contribution in [-0.2, 0) is 18.3 Å². The number of anilines is 1. The summed E-state index contributed by atoms with van der Waals surface area (Å²) < 4.78 is 1.98. The molecule has 0 radical (unpaired) electrons. The summed E-state index contributed by atoms with van der Waals surface area (Å²) in [6, 6.07) is 8.18. The minimum Gasteiger partial charge on any atom is -0.311 e. The first-order chi connectivity index (χ1) is 11.1. The summed E-state index contributed by atoms with van der Waals surface area (Å²) in [5.74, 6) is 1.80. The molecule has 0 bridgehead atoms. The Morgan fingerprint density at radius 2 is 2.09 bits per heavy atom. The second-order valence-electron chi connectivity index (χ2n) is 6.12. The number of thioether (sulfide) groups is 1. The molecule has 1 aliphatic heterocycles. The van der Waals surface area contributed by atoms with E-state index in [2.05, 4.69) is 30.1 Å². The molecule has 3 rings (SSSR count). The maximum atomic E-state index is 12.6. The lowest BCUT2D eigenvalue weighted by Crippen LogP contribution is -2.36. The summed E-state index contributed by atoms with van der Waals surface area (Å²) in [4.78, 5) is 14.5. The predicted molar refractivity (Wildman–Crippen MR) is 92.9 cm³/mol. The summed E-state index contributed by atoms with van der Waals surface area (Å²) in [7, 11) is 1.96. The fourth-order valence-electron chi connectivity index (χ4n) is 2.95. The van der Waals surface area contributed by atoms with Crippen molar-refractivity contribution in [2.24, 2.45) is 7.05 Å². The van der Waals surface area contributed by atoms with Crippen LogP contribution in [-0.4, -0.2) is 33.0 Å². The maximum absolute atomic E-state index is 12.6. The van der Waals surface area contributed by atoms with Crippen molar-refractivity contribution in [1.82, 2.24) is 14.8 Å². The van der Waals surface area contributed by atoms with Gasteiger partial charge in [-0.15, -0.1) is 10.2 Å². The van der Waals surface area contributed by atoms with Crippen LogP contribution in [0.2, 0.25) is 0 Å². The normalized spacial score (nSPS) is 14.2. The lowest BCUT2D eigenvalue weighted by molar-refractivity contribution is -0.116. The van der Waals surface area contributed by atoms with Crippen molar-refractivity contribution in [3.05, 3.63) is 35.7 Å². The Balaban J connectivity index is 1.69. The average Bonchev–Trinajstić information content (AvgIpc) is 2.93. The van der Waals surface area contributed by atoms with E-state index in [-0.39, 0.29) is 5.91 Å². The van der Waals surface area contributed by atoms with Crippen LogP contribution in [0.5, 0.6) is 0 Å². The average molecular weight is 330 g/mol. The van der Waals surface area contributed by atoms with E-state index in [4.69, 9.17) is 0 Å². The van der Waals surface area contributed by atoms with Gasteiger partial charge in [-0.3, -0.25) is 4.79 Å². The van der Waals surface area contributed by atoms with Crippen LogP contribution in [0.25, 0.3) is 0 Å². The van der Waals surface area contributed by atoms with Crippen molar-refractivity contribution in [1.29, 1.82) is 0 Å². The van der Waals surface area contributed by atoms with Gasteiger partial charge in [-0.1, -0.05) is 43.8 Å². The number of rotatable bonds is 4. The molecule has 2 heterocycles. The number of fused-ring (bicyclic) bond motifs is 1. The van der Waals surface area contributed by atoms with Gasteiger partial charge in [0.2, 0.25) is 5.91 Å². The van der Waals surface area contributed by atoms with Crippen molar-refractivity contribution in [2.45, 2.75) is 37.8 Å². The number of aryl methyl sites for hydroxylation is 1. The molecule has 0 saturated carbocycles. The van der Waals surface area contributed by atoms with E-state index < -0.39 is 0 Å². The number of hydrogen-bond donors (Lipinski definition) is 0. The summed E-state index contributed by atoms with van der Waals surface area (Å²) >= 11 is 1.46. The second kappa shape index (κ2) is 6.74. The zero-order valence-corrected chi connectivity index (χ0v) is 14.6. The molecule has 0 atom stereocenters. The van der Waals surface area contributed by atoms with Crippen molar-refractivity contribution in [2.75, 3.05) is 17.2 Å². The molecule has 0 aliphatic carbocycles. The second-order valence-corrected chi connectivity index (χ2v) is 7.06. The number of carbonyl (C=O) groups is 1. The van der Waals surface area contributed by atoms with E-state index >= 15 is 0 Å². The molecule has 122 valence electrons. The molecule has 5 nitrogen and oxygen atoms in total. The standard InChI is InChI=1S/C17H22N4OS/c1-12(2)16-18-19-17(20(16)3)23-11-15(22)21-10-6-8-13-7-4-5-9-14(13)21/h4-5,7,9,12H,6,8,10-11H2,1-3H3. The zero-order valence-electron chi connectivity index (χ0n) is 13.8. The highest BCUT2D eigenvalue weighted by molar-refractivity contribution is 7.99. The van der Waals surface area contributed by atoms with Gasteiger partial charge in [0.1, 0.15) is 5.82 Å². The summed E-state index contributed by atoms with van der Waals surface area (Å²) in [5.41, 5.74) is 2.32. The van der Waals surface area contributed by atoms with Crippen LogP contribution in [0.4, 0.5) is 5.69 Å². The SMILES string of the molecule is CC(C)c1nnc(SCC(=O)N2CCCc3ccccc32)n1C. The number of para-hydroxylation sites is 1. The van der Waals surface area contributed by atoms with E-state index in [1.54, 1.807) is 0 Å². The number of amides is 1. The first-order valence-corrected chi connectivity index (χ1v) is 8.97. The van der Waals surface area contributed by atoms with Crippen LogP contribution < -0.4 is 4.90 Å². The largest absolute Gasteiger partial charge is 0.311 e. The Morgan fingerprint density at radius 1 is 1.30 bits per heavy atom. The molecule has 23 heavy (non-hydrogen) atoms. The zero-order chi connectivity index (χ0) is 16.4. The van der Waals surface area contributed by atoms with Crippen LogP contribution in [0, 0.1) is 0 Å². The summed E-state index contributed by atoms with van der Waals surface area (Å²) in [5, 5.41) is 9.21. The van der Waals surface area contributed by atoms with E-state index in [1.165, 1.54) is 17.3 Å². The van der Waals surface area contributed by atoms with Gasteiger partial charge in [-0.25, -0.2) is 0 Å². The highest BCUT2D eigenvalue weighted by atomic mass is 32.2. The molecule has 0 fully saturated rings. The number of carbonyl (C=O) groups excluding carboxylic acids is 1. The molecule has 6 heteroatoms. The van der Waals surface area contributed by atoms with Gasteiger partial charge in [0, 0.05) is 25.2 Å². The maximum Gasteiger partial charge on any atom is 0.237 e. The van der Waals surface area contributed by atoms with Crippen LogP contribution in [0.15, 0.2) is 29.4 Å². The third-order valence-corrected chi connectivity index (χ3v) is 5.13. The van der Waals surface area contributed by atoms with E-state index in [1.807, 2.05) is 34.7 Å². The summed E-state index contributed by atoms with van der Waals surface area (Å²) in [6.45, 7) is 4.98. The number of benzene rings is 1. The van der Waals surface area contributed by atoms with E-state index in [0.717, 1.165) is 36.1 Å². The van der Waals surface area contributed by atoms with Gasteiger partial charge in [0.25, 0.3) is 0 Å². The predicted octanol–water partition coefficient (Wildman–Crippen LogP) is 3.01. The third-order valence-electron chi connectivity index (χ3n) is 4.12. The molecule has 1 aromatic carbocycles. The minimum absolute atomic E-state index is 0.135. The Hall–Kier alpha value is -1.82. The molecular formula is C17H22N4OS. The van der Waals surface area contributed by atoms with Crippen molar-refractivity contribution in [3.63, 3.8) is 0 Å². The van der Waals surface area contributed by atoms with Crippen molar-refractivity contribution < 1.29 is 4.79 Å². The van der Waals surface area contributed by atoms with Crippen molar-refractivity contribution in [3.8, 4) is 0 Å². The quantitative estimate of drug-likeness (QED) is 0.809. The Labute approximate surface area is 141 Å². The minimum atomic E-state index is 0.135. The van der Waals surface area contributed by atoms with Gasteiger partial charge in [0.05, 0.1) is 5.75 Å². The molecule has 2 aromatic rings. The van der Waals surface area contributed by atoms with Gasteiger partial charge >= 0.3 is 0 Å². The molecule has 0 unspecified atom stereocenters. The lowest BCUT2D eigenvalue weighted by atomic mass is 10.0. The molecule has 0 spiro atoms. The smallest absolute Gasteiger partial charge is 0.237 e. The topological polar surface area (TPSA) is 51.0 Å². The fourth-order valence-corrected chi connectivity index (χ4v) is 3.75. The molecule has 0 N–H and O–H groups in total. The molecule has 0 saturated heterocycles.